The van der Waals surface area contributed by atoms with Gasteiger partial charge in [-0.1, -0.05) is 22.8 Å². The lowest BCUT2D eigenvalue weighted by atomic mass is 10.2. The van der Waals surface area contributed by atoms with E-state index in [0.717, 1.165) is 0 Å². The van der Waals surface area contributed by atoms with E-state index in [0.29, 0.717) is 18.8 Å². The maximum absolute atomic E-state index is 13.6. The fourth-order valence-corrected chi connectivity index (χ4v) is 1.44. The van der Waals surface area contributed by atoms with E-state index >= 15 is 0 Å². The highest BCUT2D eigenvalue weighted by molar-refractivity contribution is 6.31. The zero-order chi connectivity index (χ0) is 11.5. The summed E-state index contributed by atoms with van der Waals surface area (Å²) >= 11 is 5.65. The van der Waals surface area contributed by atoms with E-state index in [1.165, 1.54) is 12.1 Å². The third-order valence-corrected chi connectivity index (χ3v) is 2.31. The van der Waals surface area contributed by atoms with Crippen LogP contribution in [0.5, 0.6) is 0 Å². The standard InChI is InChI=1S/C10H9ClFN3O/c11-7-3-1-2-6(9(7)12)10-14-8(4-5-13)15-16-10/h1-3H,4-5,13H2. The Morgan fingerprint density at radius 2 is 2.25 bits per heavy atom. The summed E-state index contributed by atoms with van der Waals surface area (Å²) in [6.45, 7) is 0.414. The number of hydrogen-bond donors (Lipinski definition) is 1. The van der Waals surface area contributed by atoms with Crippen LogP contribution in [0.2, 0.25) is 5.02 Å². The van der Waals surface area contributed by atoms with Crippen LogP contribution in [0.4, 0.5) is 4.39 Å². The molecule has 0 aliphatic carbocycles. The summed E-state index contributed by atoms with van der Waals surface area (Å²) in [7, 11) is 0. The summed E-state index contributed by atoms with van der Waals surface area (Å²) in [5, 5.41) is 3.70. The Labute approximate surface area is 96.2 Å². The van der Waals surface area contributed by atoms with Crippen LogP contribution < -0.4 is 5.73 Å². The molecule has 0 fully saturated rings. The van der Waals surface area contributed by atoms with Crippen molar-refractivity contribution >= 4 is 11.6 Å². The Hall–Kier alpha value is -1.46. The molecule has 6 heteroatoms. The van der Waals surface area contributed by atoms with Gasteiger partial charge in [0.2, 0.25) is 0 Å². The second-order valence-corrected chi connectivity index (χ2v) is 3.56. The highest BCUT2D eigenvalue weighted by Crippen LogP contribution is 2.26. The van der Waals surface area contributed by atoms with Crippen molar-refractivity contribution in [2.45, 2.75) is 6.42 Å². The van der Waals surface area contributed by atoms with Crippen LogP contribution in [0.15, 0.2) is 22.7 Å². The van der Waals surface area contributed by atoms with E-state index in [1.807, 2.05) is 0 Å². The van der Waals surface area contributed by atoms with Crippen LogP contribution in [0.3, 0.4) is 0 Å². The highest BCUT2D eigenvalue weighted by atomic mass is 35.5. The molecule has 0 aliphatic heterocycles. The predicted octanol–water partition coefficient (Wildman–Crippen LogP) is 2.03. The fraction of sp³-hybridized carbons (Fsp3) is 0.200. The average Bonchev–Trinajstić information content (AvgIpc) is 2.71. The molecule has 0 bridgehead atoms. The summed E-state index contributed by atoms with van der Waals surface area (Å²) in [5.41, 5.74) is 5.54. The van der Waals surface area contributed by atoms with Crippen molar-refractivity contribution in [3.05, 3.63) is 34.9 Å². The molecular weight excluding hydrogens is 233 g/mol. The Kier molecular flexibility index (Phi) is 3.17. The van der Waals surface area contributed by atoms with E-state index in [9.17, 15) is 4.39 Å². The molecule has 1 aromatic carbocycles. The summed E-state index contributed by atoms with van der Waals surface area (Å²) < 4.78 is 18.5. The minimum atomic E-state index is -0.563. The summed E-state index contributed by atoms with van der Waals surface area (Å²) in [4.78, 5) is 4.02. The number of hydrogen-bond acceptors (Lipinski definition) is 4. The number of nitrogens with two attached hydrogens (primary N) is 1. The summed E-state index contributed by atoms with van der Waals surface area (Å²) in [6, 6.07) is 4.60. The Morgan fingerprint density at radius 3 is 3.00 bits per heavy atom. The zero-order valence-electron chi connectivity index (χ0n) is 8.28. The first kappa shape index (κ1) is 11.0. The van der Waals surface area contributed by atoms with E-state index in [-0.39, 0.29) is 16.5 Å². The molecule has 1 aromatic heterocycles. The molecule has 84 valence electrons. The molecule has 0 saturated carbocycles. The SMILES string of the molecule is NCCc1noc(-c2cccc(Cl)c2F)n1. The molecular formula is C10H9ClFN3O. The van der Waals surface area contributed by atoms with Crippen molar-refractivity contribution < 1.29 is 8.91 Å². The smallest absolute Gasteiger partial charge is 0.260 e. The molecule has 0 radical (unpaired) electrons. The van der Waals surface area contributed by atoms with Gasteiger partial charge in [-0.05, 0) is 18.7 Å². The Balaban J connectivity index is 2.39. The van der Waals surface area contributed by atoms with Crippen LogP contribution in [0, 0.1) is 5.82 Å². The molecule has 2 rings (SSSR count). The van der Waals surface area contributed by atoms with Gasteiger partial charge in [-0.15, -0.1) is 0 Å². The third-order valence-electron chi connectivity index (χ3n) is 2.02. The first-order chi connectivity index (χ1) is 7.72. The Bertz CT molecular complexity index is 501. The second kappa shape index (κ2) is 4.59. The average molecular weight is 242 g/mol. The van der Waals surface area contributed by atoms with Gasteiger partial charge in [-0.3, -0.25) is 0 Å². The highest BCUT2D eigenvalue weighted by Gasteiger charge is 2.14. The van der Waals surface area contributed by atoms with Crippen LogP contribution >= 0.6 is 11.6 Å². The van der Waals surface area contributed by atoms with E-state index in [4.69, 9.17) is 21.9 Å². The van der Waals surface area contributed by atoms with Crippen molar-refractivity contribution in [1.82, 2.24) is 10.1 Å². The minimum Gasteiger partial charge on any atom is -0.334 e. The van der Waals surface area contributed by atoms with Crippen LogP contribution in [-0.4, -0.2) is 16.7 Å². The van der Waals surface area contributed by atoms with Crippen LogP contribution in [0.25, 0.3) is 11.5 Å². The predicted molar refractivity (Wildman–Crippen MR) is 57.5 cm³/mol. The van der Waals surface area contributed by atoms with Gasteiger partial charge in [0.15, 0.2) is 11.6 Å². The third kappa shape index (κ3) is 2.05. The second-order valence-electron chi connectivity index (χ2n) is 3.16. The lowest BCUT2D eigenvalue weighted by Gasteiger charge is -1.97. The quantitative estimate of drug-likeness (QED) is 0.893. The molecule has 2 N–H and O–H groups in total. The molecule has 0 amide bonds. The Morgan fingerprint density at radius 1 is 1.44 bits per heavy atom. The summed E-state index contributed by atoms with van der Waals surface area (Å²) in [6.07, 6.45) is 0.492. The van der Waals surface area contributed by atoms with E-state index in [2.05, 4.69) is 10.1 Å². The molecule has 2 aromatic rings. The number of rotatable bonds is 3. The van der Waals surface area contributed by atoms with Gasteiger partial charge in [-0.25, -0.2) is 4.39 Å². The summed E-state index contributed by atoms with van der Waals surface area (Å²) in [5.74, 6) is 0.00689. The lowest BCUT2D eigenvalue weighted by Crippen LogP contribution is -2.03. The van der Waals surface area contributed by atoms with Crippen LogP contribution in [-0.2, 0) is 6.42 Å². The lowest BCUT2D eigenvalue weighted by molar-refractivity contribution is 0.420. The van der Waals surface area contributed by atoms with Crippen molar-refractivity contribution in [3.8, 4) is 11.5 Å². The van der Waals surface area contributed by atoms with E-state index < -0.39 is 5.82 Å². The first-order valence-corrected chi connectivity index (χ1v) is 5.07. The number of nitrogens with zero attached hydrogens (tertiary/aromatic N) is 2. The first-order valence-electron chi connectivity index (χ1n) is 4.69. The van der Waals surface area contributed by atoms with Gasteiger partial charge in [0.05, 0.1) is 10.6 Å². The van der Waals surface area contributed by atoms with Gasteiger partial charge in [-0.2, -0.15) is 4.98 Å². The molecule has 0 unspecified atom stereocenters. The number of benzene rings is 1. The van der Waals surface area contributed by atoms with Gasteiger partial charge in [0.1, 0.15) is 0 Å². The molecule has 16 heavy (non-hydrogen) atoms. The topological polar surface area (TPSA) is 64.9 Å². The van der Waals surface area contributed by atoms with E-state index in [1.54, 1.807) is 6.07 Å². The number of halogens is 2. The maximum Gasteiger partial charge on any atom is 0.260 e. The van der Waals surface area contributed by atoms with Gasteiger partial charge < -0.3 is 10.3 Å². The molecule has 0 saturated heterocycles. The largest absolute Gasteiger partial charge is 0.334 e. The molecule has 1 heterocycles. The van der Waals surface area contributed by atoms with Gasteiger partial charge in [0.25, 0.3) is 5.89 Å². The molecule has 4 nitrogen and oxygen atoms in total. The van der Waals surface area contributed by atoms with Crippen molar-refractivity contribution in [2.75, 3.05) is 6.54 Å². The zero-order valence-corrected chi connectivity index (χ0v) is 9.04. The fourth-order valence-electron chi connectivity index (χ4n) is 1.26. The number of aromatic nitrogens is 2. The molecule has 0 atom stereocenters. The van der Waals surface area contributed by atoms with Crippen molar-refractivity contribution in [2.24, 2.45) is 5.73 Å². The normalized spacial score (nSPS) is 10.7. The van der Waals surface area contributed by atoms with Crippen LogP contribution in [0.1, 0.15) is 5.82 Å². The van der Waals surface area contributed by atoms with Gasteiger partial charge >= 0.3 is 0 Å². The maximum atomic E-state index is 13.6. The van der Waals surface area contributed by atoms with Gasteiger partial charge in [0, 0.05) is 6.42 Å². The van der Waals surface area contributed by atoms with Crippen molar-refractivity contribution in [1.29, 1.82) is 0 Å². The van der Waals surface area contributed by atoms with Crippen molar-refractivity contribution in [3.63, 3.8) is 0 Å². The monoisotopic (exact) mass is 241 g/mol. The minimum absolute atomic E-state index is 0.0241. The molecule has 0 aliphatic rings. The molecule has 0 spiro atoms.